The van der Waals surface area contributed by atoms with Crippen molar-refractivity contribution in [1.29, 1.82) is 5.26 Å². The first-order valence-electron chi connectivity index (χ1n) is 8.38. The molecule has 0 aliphatic carbocycles. The molecule has 0 radical (unpaired) electrons. The number of halogens is 1. The topological polar surface area (TPSA) is 92.0 Å². The lowest BCUT2D eigenvalue weighted by molar-refractivity contribution is 0.280. The highest BCUT2D eigenvalue weighted by Gasteiger charge is 2.17. The molecule has 0 aliphatic heterocycles. The molecule has 1 aromatic carbocycles. The van der Waals surface area contributed by atoms with Crippen LogP contribution in [-0.4, -0.2) is 35.9 Å². The number of aliphatic hydroxyl groups excluding tert-OH is 1. The molecule has 4 aromatic rings. The predicted octanol–water partition coefficient (Wildman–Crippen LogP) is 2.65. The molecule has 1 N–H and O–H groups in total. The lowest BCUT2D eigenvalue weighted by Crippen LogP contribution is -2.04. The summed E-state index contributed by atoms with van der Waals surface area (Å²) in [5, 5.41) is 23.0. The van der Waals surface area contributed by atoms with E-state index >= 15 is 0 Å². The van der Waals surface area contributed by atoms with Crippen LogP contribution in [0.25, 0.3) is 28.3 Å². The van der Waals surface area contributed by atoms with Crippen LogP contribution in [0.15, 0.2) is 48.9 Å². The molecule has 0 aliphatic rings. The first kappa shape index (κ1) is 16.9. The smallest absolute Gasteiger partial charge is 0.162 e. The third-order valence-electron chi connectivity index (χ3n) is 4.23. The molecule has 0 saturated heterocycles. The Kier molecular flexibility index (Phi) is 4.36. The van der Waals surface area contributed by atoms with E-state index in [0.717, 1.165) is 11.3 Å². The van der Waals surface area contributed by atoms with Gasteiger partial charge in [0.25, 0.3) is 0 Å². The molecule has 0 saturated carbocycles. The van der Waals surface area contributed by atoms with Crippen molar-refractivity contribution >= 4 is 5.65 Å². The van der Waals surface area contributed by atoms with Crippen LogP contribution < -0.4 is 0 Å². The van der Waals surface area contributed by atoms with Crippen molar-refractivity contribution in [3.05, 3.63) is 60.4 Å². The minimum absolute atomic E-state index is 0.0517. The van der Waals surface area contributed by atoms with Gasteiger partial charge in [0.05, 0.1) is 23.9 Å². The van der Waals surface area contributed by atoms with Gasteiger partial charge in [-0.15, -0.1) is 0 Å². The molecule has 0 amide bonds. The highest BCUT2D eigenvalue weighted by atomic mass is 19.1. The van der Waals surface area contributed by atoms with Gasteiger partial charge in [0.1, 0.15) is 17.6 Å². The van der Waals surface area contributed by atoms with Crippen LogP contribution in [0.1, 0.15) is 12.1 Å². The Morgan fingerprint density at radius 2 is 1.93 bits per heavy atom. The highest BCUT2D eigenvalue weighted by Crippen LogP contribution is 2.30. The second-order valence-corrected chi connectivity index (χ2v) is 5.96. The van der Waals surface area contributed by atoms with Crippen LogP contribution >= 0.6 is 0 Å². The molecule has 3 heterocycles. The van der Waals surface area contributed by atoms with E-state index in [2.05, 4.69) is 21.1 Å². The average Bonchev–Trinajstić information content (AvgIpc) is 3.30. The van der Waals surface area contributed by atoms with E-state index in [-0.39, 0.29) is 12.4 Å². The SMILES string of the molecule is N#Cc1cnc2ccc(-c3c(-c4ccc(F)cc4)ncn3CCCO)nn12. The van der Waals surface area contributed by atoms with E-state index in [9.17, 15) is 14.8 Å². The summed E-state index contributed by atoms with van der Waals surface area (Å²) in [5.74, 6) is -0.323. The number of fused-ring (bicyclic) bond motifs is 1. The number of aliphatic hydroxyl groups is 1. The second-order valence-electron chi connectivity index (χ2n) is 5.96. The molecule has 3 aromatic heterocycles. The van der Waals surface area contributed by atoms with E-state index in [1.807, 2.05) is 10.6 Å². The lowest BCUT2D eigenvalue weighted by Gasteiger charge is -2.10. The number of aromatic nitrogens is 5. The predicted molar refractivity (Wildman–Crippen MR) is 96.0 cm³/mol. The molecule has 0 spiro atoms. The quantitative estimate of drug-likeness (QED) is 0.589. The summed E-state index contributed by atoms with van der Waals surface area (Å²) in [6.07, 6.45) is 3.70. The van der Waals surface area contributed by atoms with E-state index in [1.165, 1.54) is 22.8 Å². The number of aryl methyl sites for hydroxylation is 1. The summed E-state index contributed by atoms with van der Waals surface area (Å²) in [4.78, 5) is 8.64. The molecule has 0 bridgehead atoms. The maximum Gasteiger partial charge on any atom is 0.162 e. The van der Waals surface area contributed by atoms with Crippen LogP contribution in [0, 0.1) is 17.1 Å². The van der Waals surface area contributed by atoms with Gasteiger partial charge in [0.15, 0.2) is 11.3 Å². The summed E-state index contributed by atoms with van der Waals surface area (Å²) in [6.45, 7) is 0.602. The Hall–Kier alpha value is -3.57. The Bertz CT molecular complexity index is 1140. The summed E-state index contributed by atoms with van der Waals surface area (Å²) < 4.78 is 16.7. The zero-order valence-corrected chi connectivity index (χ0v) is 14.2. The highest BCUT2D eigenvalue weighted by molar-refractivity contribution is 5.77. The molecule has 4 rings (SSSR count). The van der Waals surface area contributed by atoms with E-state index in [4.69, 9.17) is 0 Å². The van der Waals surface area contributed by atoms with Crippen molar-refractivity contribution in [2.45, 2.75) is 13.0 Å². The second kappa shape index (κ2) is 6.97. The number of benzene rings is 1. The lowest BCUT2D eigenvalue weighted by atomic mass is 10.1. The number of hydrogen-bond donors (Lipinski definition) is 1. The zero-order chi connectivity index (χ0) is 18.8. The first-order valence-corrected chi connectivity index (χ1v) is 8.38. The molecule has 134 valence electrons. The zero-order valence-electron chi connectivity index (χ0n) is 14.2. The van der Waals surface area contributed by atoms with E-state index in [0.29, 0.717) is 35.7 Å². The molecular weight excluding hydrogens is 347 g/mol. The maximum atomic E-state index is 13.3. The average molecular weight is 362 g/mol. The molecule has 27 heavy (non-hydrogen) atoms. The van der Waals surface area contributed by atoms with Gasteiger partial charge in [-0.2, -0.15) is 10.4 Å². The Morgan fingerprint density at radius 1 is 1.11 bits per heavy atom. The largest absolute Gasteiger partial charge is 0.396 e. The number of nitriles is 1. The summed E-state index contributed by atoms with van der Waals surface area (Å²) >= 11 is 0. The maximum absolute atomic E-state index is 13.3. The van der Waals surface area contributed by atoms with Gasteiger partial charge in [-0.05, 0) is 42.8 Å². The molecule has 0 unspecified atom stereocenters. The third-order valence-corrected chi connectivity index (χ3v) is 4.23. The van der Waals surface area contributed by atoms with Gasteiger partial charge in [-0.25, -0.2) is 18.9 Å². The molecular formula is C19H15FN6O. The van der Waals surface area contributed by atoms with Crippen molar-refractivity contribution in [3.63, 3.8) is 0 Å². The van der Waals surface area contributed by atoms with Crippen molar-refractivity contribution < 1.29 is 9.50 Å². The van der Waals surface area contributed by atoms with Crippen molar-refractivity contribution in [2.24, 2.45) is 0 Å². The number of rotatable bonds is 5. The van der Waals surface area contributed by atoms with E-state index in [1.54, 1.807) is 24.5 Å². The fraction of sp³-hybridized carbons (Fsp3) is 0.158. The minimum Gasteiger partial charge on any atom is -0.396 e. The van der Waals surface area contributed by atoms with Crippen LogP contribution in [0.4, 0.5) is 4.39 Å². The summed E-state index contributed by atoms with van der Waals surface area (Å²) in [6, 6.07) is 11.7. The summed E-state index contributed by atoms with van der Waals surface area (Å²) in [5.41, 5.74) is 3.64. The van der Waals surface area contributed by atoms with E-state index < -0.39 is 0 Å². The van der Waals surface area contributed by atoms with Gasteiger partial charge < -0.3 is 9.67 Å². The first-order chi connectivity index (χ1) is 13.2. The Labute approximate surface area is 154 Å². The fourth-order valence-corrected chi connectivity index (χ4v) is 2.96. The third kappa shape index (κ3) is 3.05. The molecule has 8 heteroatoms. The van der Waals surface area contributed by atoms with Crippen molar-refractivity contribution in [2.75, 3.05) is 6.61 Å². The van der Waals surface area contributed by atoms with Gasteiger partial charge in [0, 0.05) is 18.7 Å². The number of imidazole rings is 2. The van der Waals surface area contributed by atoms with Crippen molar-refractivity contribution in [3.8, 4) is 28.7 Å². The van der Waals surface area contributed by atoms with Crippen LogP contribution in [0.5, 0.6) is 0 Å². The molecule has 0 fully saturated rings. The Morgan fingerprint density at radius 3 is 2.67 bits per heavy atom. The van der Waals surface area contributed by atoms with Crippen molar-refractivity contribution in [1.82, 2.24) is 24.1 Å². The minimum atomic E-state index is -0.323. The standard InChI is InChI=1S/C19H15FN6O/c20-14-4-2-13(3-5-14)18-19(25(12-23-18)8-1-9-27)16-6-7-17-22-11-15(10-21)26(17)24-16/h2-7,11-12,27H,1,8-9H2. The Balaban J connectivity index is 1.90. The fourth-order valence-electron chi connectivity index (χ4n) is 2.96. The summed E-state index contributed by atoms with van der Waals surface area (Å²) in [7, 11) is 0. The molecule has 0 atom stereocenters. The van der Waals surface area contributed by atoms with Gasteiger partial charge in [-0.3, -0.25) is 0 Å². The number of nitrogens with zero attached hydrogens (tertiary/aromatic N) is 6. The molecule has 7 nitrogen and oxygen atoms in total. The van der Waals surface area contributed by atoms with Gasteiger partial charge >= 0.3 is 0 Å². The van der Waals surface area contributed by atoms with Crippen LogP contribution in [0.2, 0.25) is 0 Å². The monoisotopic (exact) mass is 362 g/mol. The van der Waals surface area contributed by atoms with Gasteiger partial charge in [-0.1, -0.05) is 0 Å². The van der Waals surface area contributed by atoms with Crippen LogP contribution in [0.3, 0.4) is 0 Å². The normalized spacial score (nSPS) is 11.0. The number of hydrogen-bond acceptors (Lipinski definition) is 5. The van der Waals surface area contributed by atoms with Crippen LogP contribution in [-0.2, 0) is 6.54 Å². The van der Waals surface area contributed by atoms with Gasteiger partial charge in [0.2, 0.25) is 0 Å².